The topological polar surface area (TPSA) is 54.0 Å². The van der Waals surface area contributed by atoms with E-state index in [2.05, 4.69) is 43.7 Å². The first kappa shape index (κ1) is 12.6. The van der Waals surface area contributed by atoms with Gasteiger partial charge in [0.1, 0.15) is 5.82 Å². The smallest absolute Gasteiger partial charge is 0.226 e. The number of anilines is 2. The number of amides is 1. The van der Waals surface area contributed by atoms with Crippen molar-refractivity contribution < 1.29 is 4.79 Å². The van der Waals surface area contributed by atoms with Crippen molar-refractivity contribution in [1.29, 1.82) is 0 Å². The van der Waals surface area contributed by atoms with Gasteiger partial charge in [-0.3, -0.25) is 4.79 Å². The van der Waals surface area contributed by atoms with Crippen LogP contribution in [-0.2, 0) is 4.79 Å². The normalized spacial score (nSPS) is 17.8. The van der Waals surface area contributed by atoms with Crippen LogP contribution in [0.1, 0.15) is 22.8 Å². The van der Waals surface area contributed by atoms with Crippen molar-refractivity contribution in [2.45, 2.75) is 12.3 Å². The molecule has 1 aromatic carbocycles. The van der Waals surface area contributed by atoms with Crippen LogP contribution in [0.25, 0.3) is 0 Å². The number of thiazole rings is 1. The molecule has 6 heteroatoms. The molecule has 2 heterocycles. The summed E-state index contributed by atoms with van der Waals surface area (Å²) >= 11 is 5.03. The number of benzene rings is 1. The molecule has 98 valence electrons. The highest BCUT2D eigenvalue weighted by atomic mass is 79.9. The standard InChI is InChI=1S/C13H12BrN3OS/c1-15-13-17-12-11(19-13)9(6-10(18)16-12)7-2-4-8(14)5-3-7/h2-5,9H,6H2,1H3,(H,15,17)(H,16,18)/t9-/m1/s1. The van der Waals surface area contributed by atoms with Crippen molar-refractivity contribution in [2.75, 3.05) is 17.7 Å². The molecule has 2 aromatic rings. The second-order valence-electron chi connectivity index (χ2n) is 4.34. The number of rotatable bonds is 2. The zero-order valence-corrected chi connectivity index (χ0v) is 12.6. The van der Waals surface area contributed by atoms with Gasteiger partial charge in [-0.2, -0.15) is 0 Å². The molecule has 2 N–H and O–H groups in total. The van der Waals surface area contributed by atoms with Crippen molar-refractivity contribution in [2.24, 2.45) is 0 Å². The number of nitrogens with zero attached hydrogens (tertiary/aromatic N) is 1. The SMILES string of the molecule is CNc1nc2c(s1)[C@@H](c1ccc(Br)cc1)CC(=O)N2. The highest BCUT2D eigenvalue weighted by Crippen LogP contribution is 2.42. The average molecular weight is 338 g/mol. The van der Waals surface area contributed by atoms with E-state index in [0.29, 0.717) is 12.2 Å². The molecule has 0 unspecified atom stereocenters. The lowest BCUT2D eigenvalue weighted by molar-refractivity contribution is -0.116. The summed E-state index contributed by atoms with van der Waals surface area (Å²) in [6.45, 7) is 0. The fraction of sp³-hybridized carbons (Fsp3) is 0.231. The van der Waals surface area contributed by atoms with Gasteiger partial charge in [0.2, 0.25) is 5.91 Å². The molecule has 1 atom stereocenters. The van der Waals surface area contributed by atoms with Crippen LogP contribution in [0.2, 0.25) is 0 Å². The fourth-order valence-corrected chi connectivity index (χ4v) is 3.46. The Morgan fingerprint density at radius 2 is 2.16 bits per heavy atom. The molecular weight excluding hydrogens is 326 g/mol. The Balaban J connectivity index is 2.05. The zero-order chi connectivity index (χ0) is 13.4. The van der Waals surface area contributed by atoms with E-state index in [-0.39, 0.29) is 11.8 Å². The predicted molar refractivity (Wildman–Crippen MR) is 80.9 cm³/mol. The van der Waals surface area contributed by atoms with Crippen molar-refractivity contribution >= 4 is 44.1 Å². The second kappa shape index (κ2) is 4.94. The van der Waals surface area contributed by atoms with E-state index in [0.717, 1.165) is 20.0 Å². The van der Waals surface area contributed by atoms with Gasteiger partial charge in [-0.15, -0.1) is 0 Å². The van der Waals surface area contributed by atoms with E-state index in [1.165, 1.54) is 0 Å². The van der Waals surface area contributed by atoms with Gasteiger partial charge >= 0.3 is 0 Å². The minimum Gasteiger partial charge on any atom is -0.365 e. The van der Waals surface area contributed by atoms with Gasteiger partial charge in [0, 0.05) is 23.9 Å². The second-order valence-corrected chi connectivity index (χ2v) is 6.28. The summed E-state index contributed by atoms with van der Waals surface area (Å²) in [7, 11) is 1.83. The Bertz CT molecular complexity index is 623. The van der Waals surface area contributed by atoms with Gasteiger partial charge in [-0.05, 0) is 17.7 Å². The highest BCUT2D eigenvalue weighted by Gasteiger charge is 2.30. The van der Waals surface area contributed by atoms with Crippen LogP contribution in [-0.4, -0.2) is 17.9 Å². The van der Waals surface area contributed by atoms with E-state index in [1.807, 2.05) is 19.2 Å². The van der Waals surface area contributed by atoms with E-state index in [1.54, 1.807) is 11.3 Å². The predicted octanol–water partition coefficient (Wildman–Crippen LogP) is 3.42. The summed E-state index contributed by atoms with van der Waals surface area (Å²) in [4.78, 5) is 17.3. The number of aromatic nitrogens is 1. The molecule has 0 fully saturated rings. The molecule has 1 aliphatic rings. The molecule has 0 spiro atoms. The quantitative estimate of drug-likeness (QED) is 0.882. The lowest BCUT2D eigenvalue weighted by Gasteiger charge is -2.21. The van der Waals surface area contributed by atoms with Crippen LogP contribution < -0.4 is 10.6 Å². The first-order valence-corrected chi connectivity index (χ1v) is 7.52. The molecule has 0 saturated heterocycles. The van der Waals surface area contributed by atoms with Crippen molar-refractivity contribution in [3.05, 3.63) is 39.2 Å². The number of nitrogens with one attached hydrogen (secondary N) is 2. The molecule has 0 bridgehead atoms. The van der Waals surface area contributed by atoms with Gasteiger partial charge in [-0.1, -0.05) is 39.4 Å². The van der Waals surface area contributed by atoms with Gasteiger partial charge in [0.25, 0.3) is 0 Å². The number of hydrogen-bond acceptors (Lipinski definition) is 4. The maximum absolute atomic E-state index is 11.8. The number of carbonyl (C=O) groups excluding carboxylic acids is 1. The van der Waals surface area contributed by atoms with Gasteiger partial charge in [0.05, 0.1) is 4.88 Å². The molecule has 1 aromatic heterocycles. The molecule has 1 amide bonds. The Kier molecular flexibility index (Phi) is 3.28. The summed E-state index contributed by atoms with van der Waals surface area (Å²) in [6, 6.07) is 8.11. The summed E-state index contributed by atoms with van der Waals surface area (Å²) in [5.74, 6) is 0.809. The third kappa shape index (κ3) is 2.37. The fourth-order valence-electron chi connectivity index (χ4n) is 2.19. The Labute approximate surface area is 123 Å². The summed E-state index contributed by atoms with van der Waals surface area (Å²) in [5, 5.41) is 6.69. The third-order valence-corrected chi connectivity index (χ3v) is 4.82. The Morgan fingerprint density at radius 3 is 2.84 bits per heavy atom. The Morgan fingerprint density at radius 1 is 1.42 bits per heavy atom. The first-order chi connectivity index (χ1) is 9.17. The Hall–Kier alpha value is -1.40. The number of carbonyl (C=O) groups is 1. The lowest BCUT2D eigenvalue weighted by Crippen LogP contribution is -2.22. The largest absolute Gasteiger partial charge is 0.365 e. The maximum Gasteiger partial charge on any atom is 0.226 e. The molecule has 1 aliphatic heterocycles. The molecule has 3 rings (SSSR count). The minimum absolute atomic E-state index is 0.0216. The van der Waals surface area contributed by atoms with Crippen LogP contribution in [0.4, 0.5) is 10.9 Å². The summed E-state index contributed by atoms with van der Waals surface area (Å²) < 4.78 is 1.04. The molecule has 0 saturated carbocycles. The van der Waals surface area contributed by atoms with Crippen LogP contribution in [0.5, 0.6) is 0 Å². The third-order valence-electron chi connectivity index (χ3n) is 3.10. The number of halogens is 1. The van der Waals surface area contributed by atoms with E-state index in [4.69, 9.17) is 0 Å². The number of fused-ring (bicyclic) bond motifs is 1. The van der Waals surface area contributed by atoms with Gasteiger partial charge < -0.3 is 10.6 Å². The van der Waals surface area contributed by atoms with E-state index in [9.17, 15) is 4.79 Å². The summed E-state index contributed by atoms with van der Waals surface area (Å²) in [6.07, 6.45) is 0.472. The highest BCUT2D eigenvalue weighted by molar-refractivity contribution is 9.10. The maximum atomic E-state index is 11.8. The van der Waals surface area contributed by atoms with E-state index < -0.39 is 0 Å². The van der Waals surface area contributed by atoms with Crippen molar-refractivity contribution in [1.82, 2.24) is 4.98 Å². The molecule has 4 nitrogen and oxygen atoms in total. The van der Waals surface area contributed by atoms with E-state index >= 15 is 0 Å². The summed E-state index contributed by atoms with van der Waals surface area (Å²) in [5.41, 5.74) is 1.14. The van der Waals surface area contributed by atoms with Crippen LogP contribution in [0, 0.1) is 0 Å². The van der Waals surface area contributed by atoms with Crippen molar-refractivity contribution in [3.63, 3.8) is 0 Å². The average Bonchev–Trinajstić information content (AvgIpc) is 2.81. The van der Waals surface area contributed by atoms with Crippen LogP contribution >= 0.6 is 27.3 Å². The lowest BCUT2D eigenvalue weighted by atomic mass is 9.92. The molecule has 0 radical (unpaired) electrons. The molecular formula is C13H12BrN3OS. The van der Waals surface area contributed by atoms with Crippen molar-refractivity contribution in [3.8, 4) is 0 Å². The zero-order valence-electron chi connectivity index (χ0n) is 10.2. The minimum atomic E-state index is 0.0216. The van der Waals surface area contributed by atoms with Crippen LogP contribution in [0.15, 0.2) is 28.7 Å². The van der Waals surface area contributed by atoms with Crippen LogP contribution in [0.3, 0.4) is 0 Å². The number of hydrogen-bond donors (Lipinski definition) is 2. The van der Waals surface area contributed by atoms with Gasteiger partial charge in [0.15, 0.2) is 5.13 Å². The van der Waals surface area contributed by atoms with Gasteiger partial charge in [-0.25, -0.2) is 4.98 Å². The molecule has 19 heavy (non-hydrogen) atoms. The monoisotopic (exact) mass is 337 g/mol. The molecule has 0 aliphatic carbocycles. The first-order valence-electron chi connectivity index (χ1n) is 5.91.